The van der Waals surface area contributed by atoms with Crippen molar-refractivity contribution >= 4 is 22.3 Å². The van der Waals surface area contributed by atoms with Gasteiger partial charge in [0.25, 0.3) is 0 Å². The molecule has 0 unspecified atom stereocenters. The molecule has 0 aliphatic heterocycles. The summed E-state index contributed by atoms with van der Waals surface area (Å²) in [5.41, 5.74) is 9.05. The zero-order chi connectivity index (χ0) is 12.5. The first kappa shape index (κ1) is 11.3. The molecule has 1 heterocycles. The summed E-state index contributed by atoms with van der Waals surface area (Å²) >= 11 is 0. The molecule has 2 aromatic rings. The Labute approximate surface area is 108 Å². The van der Waals surface area contributed by atoms with Gasteiger partial charge in [-0.2, -0.15) is 0 Å². The fourth-order valence-corrected chi connectivity index (χ4v) is 2.95. The molecule has 94 valence electrons. The molecule has 0 bridgehead atoms. The lowest BCUT2D eigenvalue weighted by Gasteiger charge is -2.27. The molecule has 1 aliphatic carbocycles. The number of hydrogen-bond acceptors (Lipinski definition) is 3. The first-order valence-corrected chi connectivity index (χ1v) is 6.63. The van der Waals surface area contributed by atoms with Gasteiger partial charge < -0.3 is 10.6 Å². The number of nitrogens with zero attached hydrogens (tertiary/aromatic N) is 2. The van der Waals surface area contributed by atoms with Crippen molar-refractivity contribution in [1.29, 1.82) is 0 Å². The van der Waals surface area contributed by atoms with E-state index in [2.05, 4.69) is 23.0 Å². The second-order valence-corrected chi connectivity index (χ2v) is 5.12. The highest BCUT2D eigenvalue weighted by Crippen LogP contribution is 2.33. The molecule has 1 fully saturated rings. The van der Waals surface area contributed by atoms with Crippen LogP contribution in [0.5, 0.6) is 0 Å². The molecule has 1 saturated carbocycles. The van der Waals surface area contributed by atoms with E-state index in [9.17, 15) is 0 Å². The van der Waals surface area contributed by atoms with Gasteiger partial charge in [-0.3, -0.25) is 4.98 Å². The normalized spacial score (nSPS) is 16.3. The van der Waals surface area contributed by atoms with Crippen LogP contribution in [0, 0.1) is 0 Å². The maximum Gasteiger partial charge on any atom is 0.0955 e. The Morgan fingerprint density at radius 3 is 2.78 bits per heavy atom. The van der Waals surface area contributed by atoms with Gasteiger partial charge in [0.1, 0.15) is 0 Å². The molecule has 0 amide bonds. The molecule has 1 aliphatic rings. The van der Waals surface area contributed by atoms with E-state index in [1.165, 1.54) is 31.4 Å². The fraction of sp³-hybridized carbons (Fsp3) is 0.400. The third kappa shape index (κ3) is 1.80. The van der Waals surface area contributed by atoms with Gasteiger partial charge in [-0.15, -0.1) is 0 Å². The van der Waals surface area contributed by atoms with E-state index in [-0.39, 0.29) is 0 Å². The maximum absolute atomic E-state index is 6.02. The summed E-state index contributed by atoms with van der Waals surface area (Å²) in [6.45, 7) is 0. The Morgan fingerprint density at radius 2 is 2.00 bits per heavy atom. The van der Waals surface area contributed by atoms with Gasteiger partial charge in [0, 0.05) is 30.4 Å². The molecule has 1 aromatic heterocycles. The molecule has 1 aromatic carbocycles. The molecule has 0 radical (unpaired) electrons. The van der Waals surface area contributed by atoms with E-state index >= 15 is 0 Å². The standard InChI is InChI=1S/C15H19N3/c1-18(11-5-2-3-6-11)14-9-8-13(16)12-7-4-10-17-15(12)14/h4,7-11H,2-3,5-6,16H2,1H3. The summed E-state index contributed by atoms with van der Waals surface area (Å²) in [4.78, 5) is 6.89. The highest BCUT2D eigenvalue weighted by molar-refractivity contribution is 5.98. The minimum absolute atomic E-state index is 0.652. The number of anilines is 2. The van der Waals surface area contributed by atoms with Crippen LogP contribution in [0.25, 0.3) is 10.9 Å². The predicted octanol–water partition coefficient (Wildman–Crippen LogP) is 3.20. The van der Waals surface area contributed by atoms with Gasteiger partial charge in [0.15, 0.2) is 0 Å². The Kier molecular flexibility index (Phi) is 2.82. The van der Waals surface area contributed by atoms with Crippen LogP contribution < -0.4 is 10.6 Å². The zero-order valence-electron chi connectivity index (χ0n) is 10.8. The lowest BCUT2D eigenvalue weighted by molar-refractivity contribution is 0.654. The molecule has 0 atom stereocenters. The number of nitrogen functional groups attached to an aromatic ring is 1. The van der Waals surface area contributed by atoms with Crippen molar-refractivity contribution in [2.75, 3.05) is 17.7 Å². The lowest BCUT2D eigenvalue weighted by Crippen LogP contribution is -2.29. The van der Waals surface area contributed by atoms with Crippen molar-refractivity contribution in [1.82, 2.24) is 4.98 Å². The Hall–Kier alpha value is -1.77. The van der Waals surface area contributed by atoms with Crippen LogP contribution in [-0.2, 0) is 0 Å². The number of aromatic nitrogens is 1. The highest BCUT2D eigenvalue weighted by atomic mass is 15.1. The molecule has 0 spiro atoms. The van der Waals surface area contributed by atoms with Crippen molar-refractivity contribution in [3.63, 3.8) is 0 Å². The number of benzene rings is 1. The van der Waals surface area contributed by atoms with Crippen LogP contribution in [0.4, 0.5) is 11.4 Å². The molecule has 3 heteroatoms. The maximum atomic E-state index is 6.02. The Balaban J connectivity index is 2.08. The summed E-state index contributed by atoms with van der Waals surface area (Å²) in [7, 11) is 2.18. The van der Waals surface area contributed by atoms with Crippen LogP contribution in [-0.4, -0.2) is 18.1 Å². The average molecular weight is 241 g/mol. The molecular weight excluding hydrogens is 222 g/mol. The first-order chi connectivity index (χ1) is 8.77. The van der Waals surface area contributed by atoms with E-state index < -0.39 is 0 Å². The Bertz CT molecular complexity index is 559. The van der Waals surface area contributed by atoms with E-state index in [4.69, 9.17) is 5.73 Å². The number of nitrogens with two attached hydrogens (primary N) is 1. The van der Waals surface area contributed by atoms with E-state index in [0.717, 1.165) is 16.6 Å². The van der Waals surface area contributed by atoms with Gasteiger partial charge in [-0.05, 0) is 37.1 Å². The number of hydrogen-bond donors (Lipinski definition) is 1. The topological polar surface area (TPSA) is 42.1 Å². The monoisotopic (exact) mass is 241 g/mol. The van der Waals surface area contributed by atoms with Crippen molar-refractivity contribution in [3.8, 4) is 0 Å². The number of fused-ring (bicyclic) bond motifs is 1. The van der Waals surface area contributed by atoms with Crippen LogP contribution in [0.3, 0.4) is 0 Å². The van der Waals surface area contributed by atoms with Crippen LogP contribution in [0.2, 0.25) is 0 Å². The quantitative estimate of drug-likeness (QED) is 0.821. The second kappa shape index (κ2) is 4.48. The minimum Gasteiger partial charge on any atom is -0.398 e. The zero-order valence-corrected chi connectivity index (χ0v) is 10.8. The summed E-state index contributed by atoms with van der Waals surface area (Å²) in [5.74, 6) is 0. The van der Waals surface area contributed by atoms with Crippen LogP contribution in [0.1, 0.15) is 25.7 Å². The van der Waals surface area contributed by atoms with Crippen molar-refractivity contribution in [3.05, 3.63) is 30.5 Å². The molecule has 3 rings (SSSR count). The van der Waals surface area contributed by atoms with Gasteiger partial charge in [-0.1, -0.05) is 12.8 Å². The summed E-state index contributed by atoms with van der Waals surface area (Å²) in [6.07, 6.45) is 7.10. The third-order valence-electron chi connectivity index (χ3n) is 4.03. The minimum atomic E-state index is 0.652. The van der Waals surface area contributed by atoms with Gasteiger partial charge in [0.2, 0.25) is 0 Å². The van der Waals surface area contributed by atoms with E-state index in [0.29, 0.717) is 6.04 Å². The van der Waals surface area contributed by atoms with Gasteiger partial charge >= 0.3 is 0 Å². The lowest BCUT2D eigenvalue weighted by atomic mass is 10.1. The Morgan fingerprint density at radius 1 is 1.22 bits per heavy atom. The fourth-order valence-electron chi connectivity index (χ4n) is 2.95. The summed E-state index contributed by atoms with van der Waals surface area (Å²) in [5, 5.41) is 1.06. The van der Waals surface area contributed by atoms with Crippen molar-refractivity contribution in [2.45, 2.75) is 31.7 Å². The van der Waals surface area contributed by atoms with Crippen molar-refractivity contribution < 1.29 is 0 Å². The van der Waals surface area contributed by atoms with Crippen LogP contribution in [0.15, 0.2) is 30.5 Å². The summed E-state index contributed by atoms with van der Waals surface area (Å²) in [6, 6.07) is 8.73. The second-order valence-electron chi connectivity index (χ2n) is 5.12. The first-order valence-electron chi connectivity index (χ1n) is 6.63. The van der Waals surface area contributed by atoms with E-state index in [1.807, 2.05) is 24.4 Å². The van der Waals surface area contributed by atoms with E-state index in [1.54, 1.807) is 0 Å². The number of pyridine rings is 1. The van der Waals surface area contributed by atoms with Crippen LogP contribution >= 0.6 is 0 Å². The predicted molar refractivity (Wildman–Crippen MR) is 76.8 cm³/mol. The van der Waals surface area contributed by atoms with Gasteiger partial charge in [0.05, 0.1) is 11.2 Å². The SMILES string of the molecule is CN(c1ccc(N)c2cccnc12)C1CCCC1. The smallest absolute Gasteiger partial charge is 0.0955 e. The molecule has 3 nitrogen and oxygen atoms in total. The molecule has 0 saturated heterocycles. The largest absolute Gasteiger partial charge is 0.398 e. The molecular formula is C15H19N3. The average Bonchev–Trinajstić information content (AvgIpc) is 2.93. The number of rotatable bonds is 2. The summed E-state index contributed by atoms with van der Waals surface area (Å²) < 4.78 is 0. The molecule has 18 heavy (non-hydrogen) atoms. The third-order valence-corrected chi connectivity index (χ3v) is 4.03. The van der Waals surface area contributed by atoms with Gasteiger partial charge in [-0.25, -0.2) is 0 Å². The molecule has 2 N–H and O–H groups in total. The highest BCUT2D eigenvalue weighted by Gasteiger charge is 2.21. The van der Waals surface area contributed by atoms with Crippen molar-refractivity contribution in [2.24, 2.45) is 0 Å².